The average Bonchev–Trinajstić information content (AvgIpc) is 2.27. The van der Waals surface area contributed by atoms with Gasteiger partial charge in [-0.25, -0.2) is 0 Å². The van der Waals surface area contributed by atoms with E-state index in [9.17, 15) is 31.1 Å². The van der Waals surface area contributed by atoms with Crippen molar-refractivity contribution in [1.82, 2.24) is 0 Å². The van der Waals surface area contributed by atoms with Crippen LogP contribution in [-0.4, -0.2) is 24.6 Å². The average molecular weight is 366 g/mol. The maximum absolute atomic E-state index is 12.3. The summed E-state index contributed by atoms with van der Waals surface area (Å²) in [6.07, 6.45) is -10.4. The normalized spacial score (nSPS) is 11.8. The van der Waals surface area contributed by atoms with E-state index in [0.717, 1.165) is 0 Å². The molecule has 0 fully saturated rings. The first kappa shape index (κ1) is 18.7. The Morgan fingerprint density at radius 2 is 1.48 bits per heavy atom. The third-order valence-corrected chi connectivity index (χ3v) is 2.24. The number of guanidine groups is 1. The van der Waals surface area contributed by atoms with Crippen LogP contribution in [-0.2, 0) is 0 Å². The van der Waals surface area contributed by atoms with Gasteiger partial charge < -0.3 is 20.9 Å². The smallest absolute Gasteiger partial charge is 0.405 e. The maximum atomic E-state index is 12.3. The summed E-state index contributed by atoms with van der Waals surface area (Å²) in [5.74, 6) is -4.66. The fourth-order valence-corrected chi connectivity index (χ4v) is 1.48. The molecule has 0 heterocycles. The zero-order valence-corrected chi connectivity index (χ0v) is 11.4. The number of rotatable bonds is 3. The lowest BCUT2D eigenvalue weighted by Gasteiger charge is -2.15. The van der Waals surface area contributed by atoms with Crippen molar-refractivity contribution < 1.29 is 40.6 Å². The minimum absolute atomic E-state index is 0.270. The molecule has 23 heavy (non-hydrogen) atoms. The standard InChI is InChI=1S/C10H6ClF6N3O3/c11-4-2-5(22-9(12,13)14)3(7(21)20-8(18)19)1-6(4)23-10(15,16)17/h1-2H,(H4,18,19,20,21). The van der Waals surface area contributed by atoms with Crippen LogP contribution in [0.3, 0.4) is 0 Å². The fourth-order valence-electron chi connectivity index (χ4n) is 1.29. The molecule has 128 valence electrons. The third-order valence-electron chi connectivity index (χ3n) is 1.95. The molecule has 1 aromatic carbocycles. The van der Waals surface area contributed by atoms with E-state index in [4.69, 9.17) is 23.1 Å². The monoisotopic (exact) mass is 365 g/mol. The van der Waals surface area contributed by atoms with E-state index in [-0.39, 0.29) is 6.07 Å². The van der Waals surface area contributed by atoms with Crippen molar-refractivity contribution in [3.8, 4) is 11.5 Å². The van der Waals surface area contributed by atoms with E-state index in [1.807, 2.05) is 0 Å². The molecule has 0 aromatic heterocycles. The van der Waals surface area contributed by atoms with Gasteiger partial charge in [0.1, 0.15) is 11.5 Å². The molecule has 0 radical (unpaired) electrons. The van der Waals surface area contributed by atoms with Crippen molar-refractivity contribution in [2.75, 3.05) is 0 Å². The van der Waals surface area contributed by atoms with E-state index in [1.165, 1.54) is 0 Å². The van der Waals surface area contributed by atoms with E-state index < -0.39 is 46.7 Å². The van der Waals surface area contributed by atoms with Crippen LogP contribution in [0, 0.1) is 0 Å². The summed E-state index contributed by atoms with van der Waals surface area (Å²) >= 11 is 5.38. The van der Waals surface area contributed by atoms with Gasteiger partial charge in [-0.05, 0) is 6.07 Å². The summed E-state index contributed by atoms with van der Waals surface area (Å²) in [5.41, 5.74) is 8.73. The van der Waals surface area contributed by atoms with Crippen LogP contribution >= 0.6 is 11.6 Å². The second-order valence-corrected chi connectivity index (χ2v) is 4.12. The van der Waals surface area contributed by atoms with E-state index in [0.29, 0.717) is 6.07 Å². The van der Waals surface area contributed by atoms with Gasteiger partial charge in [0.25, 0.3) is 5.91 Å². The van der Waals surface area contributed by atoms with E-state index in [1.54, 1.807) is 0 Å². The molecule has 1 rings (SSSR count). The lowest BCUT2D eigenvalue weighted by molar-refractivity contribution is -0.277. The Kier molecular flexibility index (Phi) is 5.20. The van der Waals surface area contributed by atoms with E-state index in [2.05, 4.69) is 14.5 Å². The van der Waals surface area contributed by atoms with Crippen molar-refractivity contribution in [2.45, 2.75) is 12.7 Å². The predicted molar refractivity (Wildman–Crippen MR) is 65.0 cm³/mol. The molecule has 0 atom stereocenters. The molecule has 0 bridgehead atoms. The first-order valence-electron chi connectivity index (χ1n) is 5.27. The zero-order valence-electron chi connectivity index (χ0n) is 10.6. The Hall–Kier alpha value is -2.37. The van der Waals surface area contributed by atoms with Crippen LogP contribution in [0.25, 0.3) is 0 Å². The number of carbonyl (C=O) groups is 1. The van der Waals surface area contributed by atoms with Gasteiger partial charge in [0.15, 0.2) is 5.96 Å². The van der Waals surface area contributed by atoms with Crippen LogP contribution in [0.15, 0.2) is 17.1 Å². The molecule has 1 aromatic rings. The Morgan fingerprint density at radius 1 is 1.00 bits per heavy atom. The van der Waals surface area contributed by atoms with Gasteiger partial charge in [-0.3, -0.25) is 4.79 Å². The van der Waals surface area contributed by atoms with Crippen LogP contribution in [0.2, 0.25) is 5.02 Å². The molecule has 13 heteroatoms. The number of amides is 1. The van der Waals surface area contributed by atoms with Gasteiger partial charge in [-0.1, -0.05) is 11.6 Å². The molecule has 0 aliphatic carbocycles. The number of hydrogen-bond donors (Lipinski definition) is 2. The SMILES string of the molecule is NC(N)=NC(=O)c1cc(OC(F)(F)F)c(Cl)cc1OC(F)(F)F. The van der Waals surface area contributed by atoms with Gasteiger partial charge in [0.05, 0.1) is 10.6 Å². The van der Waals surface area contributed by atoms with Crippen molar-refractivity contribution in [1.29, 1.82) is 0 Å². The molecule has 4 N–H and O–H groups in total. The second-order valence-electron chi connectivity index (χ2n) is 3.72. The fraction of sp³-hybridized carbons (Fsp3) is 0.200. The number of alkyl halides is 6. The van der Waals surface area contributed by atoms with Crippen molar-refractivity contribution in [3.05, 3.63) is 22.7 Å². The van der Waals surface area contributed by atoms with Crippen molar-refractivity contribution >= 4 is 23.5 Å². The topological polar surface area (TPSA) is 99.9 Å². The highest BCUT2D eigenvalue weighted by molar-refractivity contribution is 6.32. The number of halogens is 7. The molecule has 0 saturated carbocycles. The lowest BCUT2D eigenvalue weighted by Crippen LogP contribution is -2.25. The Bertz CT molecular complexity index is 640. The highest BCUT2D eigenvalue weighted by Gasteiger charge is 2.36. The molecule has 0 aliphatic rings. The molecule has 0 spiro atoms. The number of benzene rings is 1. The van der Waals surface area contributed by atoms with Crippen LogP contribution in [0.1, 0.15) is 10.4 Å². The highest BCUT2D eigenvalue weighted by Crippen LogP contribution is 2.38. The summed E-state index contributed by atoms with van der Waals surface area (Å²) in [7, 11) is 0. The number of nitrogens with zero attached hydrogens (tertiary/aromatic N) is 1. The molecule has 6 nitrogen and oxygen atoms in total. The van der Waals surface area contributed by atoms with Crippen LogP contribution in [0.5, 0.6) is 11.5 Å². The number of nitrogens with two attached hydrogens (primary N) is 2. The first-order chi connectivity index (χ1) is 10.3. The Morgan fingerprint density at radius 3 is 1.91 bits per heavy atom. The summed E-state index contributed by atoms with van der Waals surface area (Å²) in [6, 6.07) is 0.581. The third kappa shape index (κ3) is 6.10. The number of hydrogen-bond acceptors (Lipinski definition) is 3. The minimum Gasteiger partial charge on any atom is -0.405 e. The van der Waals surface area contributed by atoms with Crippen molar-refractivity contribution in [2.24, 2.45) is 16.5 Å². The van der Waals surface area contributed by atoms with Gasteiger partial charge in [0, 0.05) is 6.07 Å². The first-order valence-corrected chi connectivity index (χ1v) is 5.65. The lowest BCUT2D eigenvalue weighted by atomic mass is 10.1. The van der Waals surface area contributed by atoms with Crippen molar-refractivity contribution in [3.63, 3.8) is 0 Å². The summed E-state index contributed by atoms with van der Waals surface area (Å²) < 4.78 is 80.4. The largest absolute Gasteiger partial charge is 0.573 e. The molecular formula is C10H6ClF6N3O3. The van der Waals surface area contributed by atoms with Crippen LogP contribution in [0.4, 0.5) is 26.3 Å². The molecule has 1 amide bonds. The van der Waals surface area contributed by atoms with Gasteiger partial charge in [-0.2, -0.15) is 4.99 Å². The van der Waals surface area contributed by atoms with Gasteiger partial charge in [-0.15, -0.1) is 26.3 Å². The molecule has 0 saturated heterocycles. The highest BCUT2D eigenvalue weighted by atomic mass is 35.5. The number of carbonyl (C=O) groups excluding carboxylic acids is 1. The number of ether oxygens (including phenoxy) is 2. The number of aliphatic imine (C=N–C) groups is 1. The maximum Gasteiger partial charge on any atom is 0.573 e. The summed E-state index contributed by atoms with van der Waals surface area (Å²) in [4.78, 5) is 14.5. The van der Waals surface area contributed by atoms with E-state index >= 15 is 0 Å². The molecule has 0 aliphatic heterocycles. The summed E-state index contributed by atoms with van der Waals surface area (Å²) in [5, 5.41) is -0.886. The molecule has 0 unspecified atom stereocenters. The Labute approximate surface area is 128 Å². The second kappa shape index (κ2) is 6.40. The predicted octanol–water partition coefficient (Wildman–Crippen LogP) is 2.55. The zero-order chi connectivity index (χ0) is 18.0. The van der Waals surface area contributed by atoms with Crippen LogP contribution < -0.4 is 20.9 Å². The quantitative estimate of drug-likeness (QED) is 0.487. The van der Waals surface area contributed by atoms with Gasteiger partial charge >= 0.3 is 12.7 Å². The Balaban J connectivity index is 3.43. The van der Waals surface area contributed by atoms with Gasteiger partial charge in [0.2, 0.25) is 0 Å². The minimum atomic E-state index is -5.25. The summed E-state index contributed by atoms with van der Waals surface area (Å²) in [6.45, 7) is 0. The molecular weight excluding hydrogens is 360 g/mol.